The molecule has 0 saturated heterocycles. The van der Waals surface area contributed by atoms with Crippen LogP contribution in [0, 0.1) is 24.7 Å². The Kier molecular flexibility index (Phi) is 16.6. The second-order valence-corrected chi connectivity index (χ2v) is 19.4. The quantitative estimate of drug-likeness (QED) is 0.0545. The number of rotatable bonds is 6. The summed E-state index contributed by atoms with van der Waals surface area (Å²) in [5.41, 5.74) is 4.22. The van der Waals surface area contributed by atoms with Crippen LogP contribution in [0.2, 0.25) is 0 Å². The summed E-state index contributed by atoms with van der Waals surface area (Å²) in [6.45, 7) is 0. The summed E-state index contributed by atoms with van der Waals surface area (Å²) >= 11 is 0. The minimum Gasteiger partial charge on any atom is -0.366 e. The molecule has 0 aliphatic heterocycles. The van der Waals surface area contributed by atoms with Crippen LogP contribution in [-0.2, 0) is 44.8 Å². The van der Waals surface area contributed by atoms with Gasteiger partial charge in [0, 0.05) is 24.5 Å². The summed E-state index contributed by atoms with van der Waals surface area (Å²) in [6, 6.07) is 71.1. The first kappa shape index (κ1) is 45.1. The van der Waals surface area contributed by atoms with Crippen LogP contribution in [-0.4, -0.2) is 15.9 Å². The van der Waals surface area contributed by atoms with E-state index in [9.17, 15) is 0 Å². The van der Waals surface area contributed by atoms with Gasteiger partial charge in [-0.15, -0.1) is 11.1 Å². The molecule has 2 atom stereocenters. The summed E-state index contributed by atoms with van der Waals surface area (Å²) < 4.78 is 0. The fourth-order valence-corrected chi connectivity index (χ4v) is 14.8. The third-order valence-corrected chi connectivity index (χ3v) is 17.1. The van der Waals surface area contributed by atoms with Crippen LogP contribution >= 0.6 is 15.8 Å². The van der Waals surface area contributed by atoms with Crippen LogP contribution in [0.4, 0.5) is 0 Å². The van der Waals surface area contributed by atoms with Crippen molar-refractivity contribution in [2.24, 2.45) is 0 Å². The molecule has 2 unspecified atom stereocenters. The maximum atomic E-state index is 7.46. The third-order valence-electron chi connectivity index (χ3n) is 10.3. The number of hydrogen-bond acceptors (Lipinski definition) is 2. The third kappa shape index (κ3) is 10.7. The van der Waals surface area contributed by atoms with Gasteiger partial charge >= 0.3 is 44.8 Å². The van der Waals surface area contributed by atoms with Gasteiger partial charge in [-0.3, -0.25) is 11.8 Å². The summed E-state index contributed by atoms with van der Waals surface area (Å²) in [7, 11) is -2.00. The van der Waals surface area contributed by atoms with Crippen molar-refractivity contribution in [3.63, 3.8) is 0 Å². The molecule has 0 spiro atoms. The van der Waals surface area contributed by atoms with Crippen molar-refractivity contribution in [2.45, 2.75) is 0 Å². The normalized spacial score (nSPS) is 11.2. The van der Waals surface area contributed by atoms with E-state index >= 15 is 0 Å². The minimum absolute atomic E-state index is 0. The molecule has 0 radical (unpaired) electrons. The largest absolute Gasteiger partial charge is 1.00 e. The topological polar surface area (TPSA) is 25.8 Å². The average molecular weight is 1010 g/mol. The van der Waals surface area contributed by atoms with Gasteiger partial charge in [-0.05, 0) is 70.1 Å². The van der Waals surface area contributed by atoms with Gasteiger partial charge in [-0.2, -0.15) is 0 Å². The predicted octanol–water partition coefficient (Wildman–Crippen LogP) is 11.3. The fourth-order valence-electron chi connectivity index (χ4n) is 7.52. The predicted molar refractivity (Wildman–Crippen MR) is 257 cm³/mol. The molecule has 6 heteroatoms. The molecule has 0 aliphatic carbocycles. The van der Waals surface area contributed by atoms with E-state index in [-0.39, 0.29) is 44.8 Å². The standard InChI is InChI=1S/C23H20N2P2.2C16H9.2Ag/c1-3-11-20(12-4-1)26(22-15-7-9-17-24-22)19-27(21-13-5-2-6-14-21)23-16-8-10-18-25-23;2*1-2-14-15-9-5-3-7-12(15)11-13-8-4-6-10-16(13)14;;/h1-18H,19H2;2*3-11H;;/q;2*-1;2*+1/p+2. The Bertz CT molecular complexity index is 2660. The van der Waals surface area contributed by atoms with Crippen molar-refractivity contribution in [3.05, 3.63) is 243 Å². The fraction of sp³-hybridized carbons (Fsp3) is 0.0182. The molecule has 2 nitrogen and oxygen atoms in total. The first-order chi connectivity index (χ1) is 29.2. The Morgan fingerprint density at radius 1 is 0.361 bits per heavy atom. The number of aromatic nitrogens is 2. The molecule has 0 bridgehead atoms. The molecule has 8 aromatic carbocycles. The van der Waals surface area contributed by atoms with Crippen LogP contribution in [0.15, 0.2) is 219 Å². The Labute approximate surface area is 392 Å². The number of pyridine rings is 2. The zero-order valence-electron chi connectivity index (χ0n) is 33.0. The van der Waals surface area contributed by atoms with E-state index in [1.165, 1.54) is 21.5 Å². The molecule has 61 heavy (non-hydrogen) atoms. The Balaban J connectivity index is 0.000000159. The van der Waals surface area contributed by atoms with Crippen molar-refractivity contribution in [2.75, 3.05) is 5.90 Å². The SMILES string of the molecule is [Ag+].[Ag+].[C-]#Cc1c2ccccc2cc2ccccc12.[C-]#Cc1c2ccccc2cc2ccccc12.c1ccc([PH+](C[PH+](c2ccccc2)c2ccccn2)c2ccccn2)cc1. The van der Waals surface area contributed by atoms with E-state index in [4.69, 9.17) is 22.8 Å². The molecule has 0 fully saturated rings. The number of hydrogen-bond donors (Lipinski definition) is 0. The van der Waals surface area contributed by atoms with Crippen LogP contribution in [0.25, 0.3) is 43.1 Å². The maximum absolute atomic E-state index is 7.46. The number of nitrogens with zero attached hydrogens (tertiary/aromatic N) is 2. The Morgan fingerprint density at radius 3 is 0.951 bits per heavy atom. The van der Waals surface area contributed by atoms with E-state index in [1.54, 1.807) is 0 Å². The van der Waals surface area contributed by atoms with Gasteiger partial charge in [0.2, 0.25) is 0 Å². The van der Waals surface area contributed by atoms with Crippen LogP contribution in [0.3, 0.4) is 0 Å². The zero-order valence-corrected chi connectivity index (χ0v) is 38.0. The second kappa shape index (κ2) is 22.4. The molecule has 0 amide bonds. The van der Waals surface area contributed by atoms with Crippen molar-refractivity contribution in [1.29, 1.82) is 0 Å². The molecule has 10 aromatic rings. The van der Waals surface area contributed by atoms with Crippen molar-refractivity contribution in [1.82, 2.24) is 9.97 Å². The van der Waals surface area contributed by atoms with Gasteiger partial charge in [0.25, 0.3) is 0 Å². The van der Waals surface area contributed by atoms with E-state index < -0.39 is 15.8 Å². The van der Waals surface area contributed by atoms with Gasteiger partial charge in [0.15, 0.2) is 16.8 Å². The van der Waals surface area contributed by atoms with Crippen LogP contribution in [0.1, 0.15) is 11.1 Å². The minimum atomic E-state index is -0.999. The molecule has 0 N–H and O–H groups in total. The summed E-state index contributed by atoms with van der Waals surface area (Å²) in [5.74, 6) is 6.25. The Hall–Kier alpha value is -5.44. The molecule has 0 saturated carbocycles. The average Bonchev–Trinajstić information content (AvgIpc) is 3.32. The van der Waals surface area contributed by atoms with Crippen LogP contribution in [0.5, 0.6) is 0 Å². The summed E-state index contributed by atoms with van der Waals surface area (Å²) in [4.78, 5) is 9.47. The van der Waals surface area contributed by atoms with Gasteiger partial charge in [0.05, 0.1) is 0 Å². The number of benzene rings is 8. The van der Waals surface area contributed by atoms with Crippen LogP contribution < -0.4 is 21.5 Å². The van der Waals surface area contributed by atoms with Gasteiger partial charge in [0.1, 0.15) is 26.5 Å². The molecular formula is C55H40Ag2N2P2+2. The molecule has 10 rings (SSSR count). The summed E-state index contributed by atoms with van der Waals surface area (Å²) in [5, 5.41) is 11.9. The van der Waals surface area contributed by atoms with E-state index in [0.29, 0.717) is 0 Å². The monoisotopic (exact) mass is 1000 g/mol. The van der Waals surface area contributed by atoms with E-state index in [0.717, 1.165) is 60.1 Å². The molecule has 2 aromatic heterocycles. The van der Waals surface area contributed by atoms with E-state index in [1.807, 2.05) is 97.3 Å². The number of fused-ring (bicyclic) bond motifs is 4. The molecular weight excluding hydrogens is 966 g/mol. The van der Waals surface area contributed by atoms with Crippen molar-refractivity contribution in [3.8, 4) is 11.8 Å². The van der Waals surface area contributed by atoms with Crippen molar-refractivity contribution >= 4 is 80.4 Å². The molecule has 2 heterocycles. The van der Waals surface area contributed by atoms with Gasteiger partial charge in [-0.25, -0.2) is 9.97 Å². The van der Waals surface area contributed by atoms with Crippen molar-refractivity contribution < 1.29 is 44.8 Å². The smallest absolute Gasteiger partial charge is 0.366 e. The first-order valence-corrected chi connectivity index (χ1v) is 22.9. The Morgan fingerprint density at radius 2 is 0.656 bits per heavy atom. The molecule has 0 aliphatic rings. The van der Waals surface area contributed by atoms with Gasteiger partial charge < -0.3 is 12.8 Å². The second-order valence-electron chi connectivity index (χ2n) is 13.9. The maximum Gasteiger partial charge on any atom is 1.00 e. The zero-order chi connectivity index (χ0) is 40.2. The van der Waals surface area contributed by atoms with E-state index in [2.05, 4.69) is 133 Å². The van der Waals surface area contributed by atoms with Gasteiger partial charge in [-0.1, -0.05) is 167 Å². The molecule has 300 valence electrons. The summed E-state index contributed by atoms with van der Waals surface area (Å²) in [6.07, 6.45) is 18.7. The first-order valence-electron chi connectivity index (χ1n) is 19.5.